The second kappa shape index (κ2) is 5.73. The first-order chi connectivity index (χ1) is 8.69. The molecule has 19 heavy (non-hydrogen) atoms. The van der Waals surface area contributed by atoms with Crippen LogP contribution in [0.2, 0.25) is 0 Å². The molecule has 1 rings (SSSR count). The van der Waals surface area contributed by atoms with Gasteiger partial charge in [-0.3, -0.25) is 5.43 Å². The lowest BCUT2D eigenvalue weighted by Gasteiger charge is -2.20. The lowest BCUT2D eigenvalue weighted by molar-refractivity contribution is 0.0511. The summed E-state index contributed by atoms with van der Waals surface area (Å²) in [5.74, 6) is -0.281. The van der Waals surface area contributed by atoms with Crippen molar-refractivity contribution in [3.05, 3.63) is 41.7 Å². The van der Waals surface area contributed by atoms with Crippen LogP contribution in [-0.4, -0.2) is 11.7 Å². The Hall–Kier alpha value is -2.04. The van der Waals surface area contributed by atoms with Gasteiger partial charge in [0.1, 0.15) is 11.4 Å². The van der Waals surface area contributed by atoms with Gasteiger partial charge in [0.05, 0.1) is 5.70 Å². The number of benzene rings is 1. The fourth-order valence-corrected chi connectivity index (χ4v) is 1.33. The van der Waals surface area contributed by atoms with Crippen LogP contribution < -0.4 is 10.9 Å². The molecule has 0 spiro atoms. The molecule has 0 aliphatic heterocycles. The van der Waals surface area contributed by atoms with E-state index in [1.165, 1.54) is 6.07 Å². The lowest BCUT2D eigenvalue weighted by Crippen LogP contribution is -2.40. The Bertz CT molecular complexity index is 493. The van der Waals surface area contributed by atoms with E-state index < -0.39 is 11.7 Å². The van der Waals surface area contributed by atoms with Crippen molar-refractivity contribution in [1.29, 1.82) is 0 Å². The first kappa shape index (κ1) is 15.0. The van der Waals surface area contributed by atoms with Gasteiger partial charge in [-0.1, -0.05) is 6.58 Å². The van der Waals surface area contributed by atoms with Crippen LogP contribution in [0.3, 0.4) is 0 Å². The third-order valence-corrected chi connectivity index (χ3v) is 2.22. The number of carbonyl (C=O) groups excluding carboxylic acids is 1. The molecule has 4 nitrogen and oxygen atoms in total. The van der Waals surface area contributed by atoms with Crippen LogP contribution in [0.25, 0.3) is 5.70 Å². The number of carbonyl (C=O) groups is 1. The summed E-state index contributed by atoms with van der Waals surface area (Å²) in [6.07, 6.45) is -0.604. The van der Waals surface area contributed by atoms with Crippen molar-refractivity contribution in [2.24, 2.45) is 0 Å². The van der Waals surface area contributed by atoms with Gasteiger partial charge in [0.2, 0.25) is 0 Å². The van der Waals surface area contributed by atoms with Crippen LogP contribution in [0.1, 0.15) is 31.9 Å². The Balaban J connectivity index is 2.56. The van der Waals surface area contributed by atoms with Crippen molar-refractivity contribution in [3.8, 4) is 0 Å². The predicted molar refractivity (Wildman–Crippen MR) is 72.7 cm³/mol. The second-order valence-corrected chi connectivity index (χ2v) is 5.19. The SMILES string of the molecule is C=C(NNC(=O)OC(C)(C)C)c1ccc(F)c(C)c1. The van der Waals surface area contributed by atoms with Crippen molar-refractivity contribution in [3.63, 3.8) is 0 Å². The summed E-state index contributed by atoms with van der Waals surface area (Å²) in [4.78, 5) is 11.4. The predicted octanol–water partition coefficient (Wildman–Crippen LogP) is 3.13. The van der Waals surface area contributed by atoms with Crippen molar-refractivity contribution in [2.75, 3.05) is 0 Å². The highest BCUT2D eigenvalue weighted by Crippen LogP contribution is 2.14. The number of hydrazine groups is 1. The van der Waals surface area contributed by atoms with Crippen LogP contribution in [-0.2, 0) is 4.74 Å². The normalized spacial score (nSPS) is 10.8. The van der Waals surface area contributed by atoms with Gasteiger partial charge in [-0.25, -0.2) is 14.6 Å². The van der Waals surface area contributed by atoms with E-state index in [4.69, 9.17) is 4.74 Å². The smallest absolute Gasteiger partial charge is 0.426 e. The summed E-state index contributed by atoms with van der Waals surface area (Å²) < 4.78 is 18.2. The average molecular weight is 266 g/mol. The molecule has 0 atom stereocenters. The van der Waals surface area contributed by atoms with E-state index in [0.29, 0.717) is 16.8 Å². The molecule has 0 bridgehead atoms. The maximum absolute atomic E-state index is 13.1. The third kappa shape index (κ3) is 4.99. The largest absolute Gasteiger partial charge is 0.443 e. The molecule has 1 aromatic rings. The third-order valence-electron chi connectivity index (χ3n) is 2.22. The highest BCUT2D eigenvalue weighted by molar-refractivity contribution is 5.70. The number of halogens is 1. The summed E-state index contributed by atoms with van der Waals surface area (Å²) in [5, 5.41) is 0. The molecule has 0 fully saturated rings. The topological polar surface area (TPSA) is 50.4 Å². The molecule has 104 valence electrons. The molecule has 2 N–H and O–H groups in total. The van der Waals surface area contributed by atoms with Crippen LogP contribution in [0.4, 0.5) is 9.18 Å². The van der Waals surface area contributed by atoms with Gasteiger partial charge in [0.25, 0.3) is 0 Å². The van der Waals surface area contributed by atoms with Gasteiger partial charge < -0.3 is 4.74 Å². The molecule has 0 saturated carbocycles. The first-order valence-corrected chi connectivity index (χ1v) is 5.89. The maximum Gasteiger partial charge on any atom is 0.426 e. The molecule has 5 heteroatoms. The molecule has 0 radical (unpaired) electrons. The minimum Gasteiger partial charge on any atom is -0.443 e. The van der Waals surface area contributed by atoms with Crippen molar-refractivity contribution in [1.82, 2.24) is 10.9 Å². The summed E-state index contributed by atoms with van der Waals surface area (Å²) >= 11 is 0. The summed E-state index contributed by atoms with van der Waals surface area (Å²) in [7, 11) is 0. The van der Waals surface area contributed by atoms with Crippen molar-refractivity contribution >= 4 is 11.8 Å². The van der Waals surface area contributed by atoms with E-state index in [2.05, 4.69) is 17.4 Å². The molecule has 0 aromatic heterocycles. The fraction of sp³-hybridized carbons (Fsp3) is 0.357. The second-order valence-electron chi connectivity index (χ2n) is 5.19. The Kier molecular flexibility index (Phi) is 4.53. The summed E-state index contributed by atoms with van der Waals surface area (Å²) in [6.45, 7) is 10.7. The first-order valence-electron chi connectivity index (χ1n) is 5.89. The van der Waals surface area contributed by atoms with Gasteiger partial charge in [-0.15, -0.1) is 0 Å². The Morgan fingerprint density at radius 3 is 2.47 bits per heavy atom. The van der Waals surface area contributed by atoms with Gasteiger partial charge in [0.15, 0.2) is 0 Å². The van der Waals surface area contributed by atoms with E-state index in [1.807, 2.05) is 0 Å². The fourth-order valence-electron chi connectivity index (χ4n) is 1.33. The van der Waals surface area contributed by atoms with Gasteiger partial charge in [0, 0.05) is 0 Å². The number of nitrogens with one attached hydrogen (secondary N) is 2. The van der Waals surface area contributed by atoms with E-state index in [-0.39, 0.29) is 5.82 Å². The average Bonchev–Trinajstić information content (AvgIpc) is 2.27. The van der Waals surface area contributed by atoms with Crippen molar-refractivity contribution in [2.45, 2.75) is 33.3 Å². The number of hydrogen-bond donors (Lipinski definition) is 2. The minimum atomic E-state index is -0.604. The number of hydrogen-bond acceptors (Lipinski definition) is 3. The minimum absolute atomic E-state index is 0.281. The Morgan fingerprint density at radius 2 is 1.95 bits per heavy atom. The van der Waals surface area contributed by atoms with Gasteiger partial charge in [-0.2, -0.15) is 0 Å². The summed E-state index contributed by atoms with van der Waals surface area (Å²) in [6, 6.07) is 4.57. The molecule has 0 aliphatic carbocycles. The molecule has 0 aliphatic rings. The Morgan fingerprint density at radius 1 is 1.32 bits per heavy atom. The maximum atomic E-state index is 13.1. The number of rotatable bonds is 3. The molecule has 0 unspecified atom stereocenters. The number of ether oxygens (including phenoxy) is 1. The van der Waals surface area contributed by atoms with Crippen molar-refractivity contribution < 1.29 is 13.9 Å². The standard InChI is InChI=1S/C14H19FN2O2/c1-9-8-11(6-7-12(9)15)10(2)16-17-13(18)19-14(3,4)5/h6-8,16H,2H2,1,3-5H3,(H,17,18). The highest BCUT2D eigenvalue weighted by Gasteiger charge is 2.15. The van der Waals surface area contributed by atoms with E-state index in [0.717, 1.165) is 0 Å². The quantitative estimate of drug-likeness (QED) is 0.826. The van der Waals surface area contributed by atoms with Crippen LogP contribution >= 0.6 is 0 Å². The van der Waals surface area contributed by atoms with E-state index >= 15 is 0 Å². The molecule has 0 saturated heterocycles. The van der Waals surface area contributed by atoms with Crippen LogP contribution in [0, 0.1) is 12.7 Å². The molecule has 1 aromatic carbocycles. The molecule has 0 heterocycles. The number of amides is 1. The Labute approximate surface area is 112 Å². The zero-order valence-corrected chi connectivity index (χ0v) is 11.6. The monoisotopic (exact) mass is 266 g/mol. The van der Waals surface area contributed by atoms with E-state index in [9.17, 15) is 9.18 Å². The van der Waals surface area contributed by atoms with Crippen LogP contribution in [0.15, 0.2) is 24.8 Å². The summed E-state index contributed by atoms with van der Waals surface area (Å²) in [5.41, 5.74) is 6.08. The van der Waals surface area contributed by atoms with Gasteiger partial charge in [-0.05, 0) is 57.0 Å². The zero-order valence-electron chi connectivity index (χ0n) is 11.6. The molecular weight excluding hydrogens is 247 g/mol. The van der Waals surface area contributed by atoms with E-state index in [1.54, 1.807) is 39.8 Å². The number of aryl methyl sites for hydroxylation is 1. The van der Waals surface area contributed by atoms with Gasteiger partial charge >= 0.3 is 6.09 Å². The highest BCUT2D eigenvalue weighted by atomic mass is 19.1. The zero-order chi connectivity index (χ0) is 14.6. The molecular formula is C14H19FN2O2. The lowest BCUT2D eigenvalue weighted by atomic mass is 10.1. The molecule has 1 amide bonds. The van der Waals surface area contributed by atoms with Crippen LogP contribution in [0.5, 0.6) is 0 Å².